The number of ether oxygens (including phenoxy) is 1. The minimum atomic E-state index is 0.120. The van der Waals surface area contributed by atoms with Crippen LogP contribution in [0.5, 0.6) is 5.75 Å². The Balaban J connectivity index is 2.73. The zero-order valence-corrected chi connectivity index (χ0v) is 8.91. The highest BCUT2D eigenvalue weighted by Crippen LogP contribution is 2.24. The molecule has 0 aliphatic heterocycles. The lowest BCUT2D eigenvalue weighted by Crippen LogP contribution is -2.10. The van der Waals surface area contributed by atoms with Crippen molar-refractivity contribution in [2.24, 2.45) is 0 Å². The van der Waals surface area contributed by atoms with Gasteiger partial charge in [-0.1, -0.05) is 32.9 Å². The predicted molar refractivity (Wildman–Crippen MR) is 56.7 cm³/mol. The lowest BCUT2D eigenvalue weighted by Gasteiger charge is -2.18. The second-order valence-corrected chi connectivity index (χ2v) is 4.25. The zero-order chi connectivity index (χ0) is 10.6. The smallest absolute Gasteiger partial charge is 0.157 e. The second kappa shape index (κ2) is 4.27. The summed E-state index contributed by atoms with van der Waals surface area (Å²) in [5.74, 6) is 0.741. The quantitative estimate of drug-likeness (QED) is 0.688. The number of rotatable bonds is 3. The largest absolute Gasteiger partial charge is 0.486 e. The van der Waals surface area contributed by atoms with E-state index in [2.05, 4.69) is 20.8 Å². The predicted octanol–water partition coefficient (Wildman–Crippen LogP) is 2.56. The summed E-state index contributed by atoms with van der Waals surface area (Å²) in [6.07, 6.45) is 0.748. The molecule has 2 heteroatoms. The lowest BCUT2D eigenvalue weighted by atomic mass is 9.87. The molecule has 14 heavy (non-hydrogen) atoms. The maximum Gasteiger partial charge on any atom is 0.157 e. The first-order chi connectivity index (χ1) is 6.54. The van der Waals surface area contributed by atoms with Gasteiger partial charge >= 0.3 is 0 Å². The Kier molecular flexibility index (Phi) is 3.28. The van der Waals surface area contributed by atoms with E-state index in [1.165, 1.54) is 5.56 Å². The van der Waals surface area contributed by atoms with E-state index in [-0.39, 0.29) is 12.0 Å². The average molecular weight is 192 g/mol. The van der Waals surface area contributed by atoms with Crippen LogP contribution in [-0.2, 0) is 10.2 Å². The van der Waals surface area contributed by atoms with E-state index in [4.69, 9.17) is 4.74 Å². The van der Waals surface area contributed by atoms with E-state index >= 15 is 0 Å². The number of aldehydes is 1. The van der Waals surface area contributed by atoms with Crippen LogP contribution in [0.4, 0.5) is 0 Å². The van der Waals surface area contributed by atoms with E-state index in [1.54, 1.807) is 0 Å². The maximum absolute atomic E-state index is 10.1. The van der Waals surface area contributed by atoms with Crippen LogP contribution in [0, 0.1) is 0 Å². The number of hydrogen-bond donors (Lipinski definition) is 0. The molecule has 1 rings (SSSR count). The summed E-state index contributed by atoms with van der Waals surface area (Å²) in [6.45, 7) is 6.60. The molecule has 0 saturated carbocycles. The molecule has 0 atom stereocenters. The second-order valence-electron chi connectivity index (χ2n) is 4.25. The van der Waals surface area contributed by atoms with Crippen molar-refractivity contribution in [3.63, 3.8) is 0 Å². The minimum Gasteiger partial charge on any atom is -0.486 e. The van der Waals surface area contributed by atoms with Gasteiger partial charge in [0.1, 0.15) is 12.4 Å². The molecular formula is C12H16O2. The Bertz CT molecular complexity index is 293. The Morgan fingerprint density at radius 3 is 2.21 bits per heavy atom. The topological polar surface area (TPSA) is 26.3 Å². The van der Waals surface area contributed by atoms with Crippen LogP contribution in [0.1, 0.15) is 26.3 Å². The molecule has 0 aliphatic carbocycles. The molecule has 0 spiro atoms. The van der Waals surface area contributed by atoms with Crippen molar-refractivity contribution in [3.05, 3.63) is 29.8 Å². The van der Waals surface area contributed by atoms with Gasteiger partial charge in [-0.05, 0) is 23.1 Å². The van der Waals surface area contributed by atoms with Crippen LogP contribution in [-0.4, -0.2) is 12.9 Å². The molecule has 0 radical (unpaired) electrons. The zero-order valence-electron chi connectivity index (χ0n) is 8.91. The van der Waals surface area contributed by atoms with Gasteiger partial charge in [0.2, 0.25) is 0 Å². The SMILES string of the molecule is CC(C)(C)c1ccc(OCC=O)cc1. The van der Waals surface area contributed by atoms with Crippen LogP contribution < -0.4 is 4.74 Å². The Hall–Kier alpha value is -1.31. The van der Waals surface area contributed by atoms with E-state index in [1.807, 2.05) is 24.3 Å². The summed E-state index contributed by atoms with van der Waals surface area (Å²) < 4.78 is 5.15. The standard InChI is InChI=1S/C12H16O2/c1-12(2,3)10-4-6-11(7-5-10)14-9-8-13/h4-8H,9H2,1-3H3. The van der Waals surface area contributed by atoms with Crippen LogP contribution in [0.15, 0.2) is 24.3 Å². The highest BCUT2D eigenvalue weighted by Gasteiger charge is 2.12. The molecule has 0 unspecified atom stereocenters. The third-order valence-corrected chi connectivity index (χ3v) is 2.04. The van der Waals surface area contributed by atoms with Crippen molar-refractivity contribution in [3.8, 4) is 5.75 Å². The monoisotopic (exact) mass is 192 g/mol. The first kappa shape index (κ1) is 10.8. The lowest BCUT2D eigenvalue weighted by molar-refractivity contribution is -0.109. The van der Waals surface area contributed by atoms with Crippen LogP contribution in [0.25, 0.3) is 0 Å². The Labute approximate surface area is 84.9 Å². The van der Waals surface area contributed by atoms with Crippen molar-refractivity contribution in [1.82, 2.24) is 0 Å². The molecule has 0 saturated heterocycles. The molecule has 0 N–H and O–H groups in total. The molecule has 0 aliphatic rings. The van der Waals surface area contributed by atoms with Gasteiger partial charge in [-0.25, -0.2) is 0 Å². The van der Waals surface area contributed by atoms with Crippen molar-refractivity contribution in [2.75, 3.05) is 6.61 Å². The number of carbonyl (C=O) groups is 1. The van der Waals surface area contributed by atoms with Gasteiger partial charge in [0.25, 0.3) is 0 Å². The van der Waals surface area contributed by atoms with Gasteiger partial charge in [-0.2, -0.15) is 0 Å². The normalized spacial score (nSPS) is 11.1. The van der Waals surface area contributed by atoms with E-state index in [0.717, 1.165) is 12.0 Å². The first-order valence-corrected chi connectivity index (χ1v) is 4.71. The summed E-state index contributed by atoms with van der Waals surface area (Å²) in [5.41, 5.74) is 1.42. The summed E-state index contributed by atoms with van der Waals surface area (Å²) in [4.78, 5) is 10.1. The minimum absolute atomic E-state index is 0.120. The fraction of sp³-hybridized carbons (Fsp3) is 0.417. The number of hydrogen-bond acceptors (Lipinski definition) is 2. The summed E-state index contributed by atoms with van der Waals surface area (Å²) in [6, 6.07) is 7.84. The van der Waals surface area contributed by atoms with E-state index < -0.39 is 0 Å². The molecule has 0 amide bonds. The fourth-order valence-electron chi connectivity index (χ4n) is 1.18. The highest BCUT2D eigenvalue weighted by molar-refractivity contribution is 5.51. The molecule has 0 aromatic heterocycles. The third-order valence-electron chi connectivity index (χ3n) is 2.04. The molecule has 1 aromatic carbocycles. The Morgan fingerprint density at radius 1 is 1.21 bits per heavy atom. The fourth-order valence-corrected chi connectivity index (χ4v) is 1.18. The first-order valence-electron chi connectivity index (χ1n) is 4.71. The van der Waals surface area contributed by atoms with Gasteiger partial charge in [-0.15, -0.1) is 0 Å². The van der Waals surface area contributed by atoms with E-state index in [9.17, 15) is 4.79 Å². The van der Waals surface area contributed by atoms with Crippen molar-refractivity contribution in [2.45, 2.75) is 26.2 Å². The molecule has 76 valence electrons. The van der Waals surface area contributed by atoms with Crippen molar-refractivity contribution < 1.29 is 9.53 Å². The van der Waals surface area contributed by atoms with Crippen LogP contribution >= 0.6 is 0 Å². The van der Waals surface area contributed by atoms with Crippen molar-refractivity contribution in [1.29, 1.82) is 0 Å². The third kappa shape index (κ3) is 2.87. The highest BCUT2D eigenvalue weighted by atomic mass is 16.5. The summed E-state index contributed by atoms with van der Waals surface area (Å²) >= 11 is 0. The molecule has 0 fully saturated rings. The molecular weight excluding hydrogens is 176 g/mol. The van der Waals surface area contributed by atoms with Crippen molar-refractivity contribution >= 4 is 6.29 Å². The van der Waals surface area contributed by atoms with Gasteiger partial charge in [0, 0.05) is 0 Å². The maximum atomic E-state index is 10.1. The van der Waals surface area contributed by atoms with Gasteiger partial charge in [-0.3, -0.25) is 4.79 Å². The Morgan fingerprint density at radius 2 is 1.79 bits per heavy atom. The van der Waals surface area contributed by atoms with Crippen LogP contribution in [0.2, 0.25) is 0 Å². The van der Waals surface area contributed by atoms with E-state index in [0.29, 0.717) is 0 Å². The van der Waals surface area contributed by atoms with Crippen LogP contribution in [0.3, 0.4) is 0 Å². The molecule has 0 bridgehead atoms. The molecule has 2 nitrogen and oxygen atoms in total. The molecule has 1 aromatic rings. The summed E-state index contributed by atoms with van der Waals surface area (Å²) in [7, 11) is 0. The van der Waals surface area contributed by atoms with Gasteiger partial charge in [0.15, 0.2) is 6.29 Å². The number of benzene rings is 1. The van der Waals surface area contributed by atoms with Gasteiger partial charge < -0.3 is 4.74 Å². The molecule has 0 heterocycles. The average Bonchev–Trinajstić information content (AvgIpc) is 2.14. The summed E-state index contributed by atoms with van der Waals surface area (Å²) in [5, 5.41) is 0. The number of carbonyl (C=O) groups excluding carboxylic acids is 1. The van der Waals surface area contributed by atoms with Gasteiger partial charge in [0.05, 0.1) is 0 Å².